The highest BCUT2D eigenvalue weighted by atomic mass is 35.5. The van der Waals surface area contributed by atoms with Gasteiger partial charge in [-0.25, -0.2) is 15.3 Å². The summed E-state index contributed by atoms with van der Waals surface area (Å²) in [5, 5.41) is 5.69. The van der Waals surface area contributed by atoms with Crippen LogP contribution in [0.5, 0.6) is 5.75 Å². The number of carbonyl (C=O) groups is 1. The molecule has 0 heterocycles. The highest BCUT2D eigenvalue weighted by Crippen LogP contribution is 2.18. The van der Waals surface area contributed by atoms with Gasteiger partial charge in [-0.2, -0.15) is 13.5 Å². The van der Waals surface area contributed by atoms with Gasteiger partial charge in [0.2, 0.25) is 0 Å². The van der Waals surface area contributed by atoms with Crippen molar-refractivity contribution in [1.82, 2.24) is 10.5 Å². The maximum atomic E-state index is 11.9. The fourth-order valence-corrected chi connectivity index (χ4v) is 2.59. The van der Waals surface area contributed by atoms with Gasteiger partial charge in [0.25, 0.3) is 0 Å². The summed E-state index contributed by atoms with van der Waals surface area (Å²) in [6.07, 6.45) is 0.962. The Balaban J connectivity index is 2.37. The summed E-state index contributed by atoms with van der Waals surface area (Å²) >= 11 is 5.93. The molecule has 27 heavy (non-hydrogen) atoms. The average molecular weight is 412 g/mol. The van der Waals surface area contributed by atoms with Crippen molar-refractivity contribution in [2.45, 2.75) is 0 Å². The second-order valence-electron chi connectivity index (χ2n) is 5.38. The largest absolute Gasteiger partial charge is 0.383 e. The molecule has 0 aliphatic carbocycles. The van der Waals surface area contributed by atoms with E-state index < -0.39 is 16.1 Å². The number of nitrogens with one attached hydrogen (secondary N) is 1. The summed E-state index contributed by atoms with van der Waals surface area (Å²) in [6.45, 7) is 0. The molecule has 0 unspecified atom stereocenters. The molecule has 2 rings (SSSR count). The Labute approximate surface area is 162 Å². The summed E-state index contributed by atoms with van der Waals surface area (Å²) in [6, 6.07) is 12.5. The van der Waals surface area contributed by atoms with E-state index in [1.54, 1.807) is 36.4 Å². The van der Waals surface area contributed by atoms with Gasteiger partial charge in [0.1, 0.15) is 5.75 Å². The molecule has 0 aliphatic rings. The first-order valence-electron chi connectivity index (χ1n) is 7.61. The molecule has 0 spiro atoms. The minimum absolute atomic E-state index is 0.167. The summed E-state index contributed by atoms with van der Waals surface area (Å²) in [5.41, 5.74) is 4.14. The van der Waals surface area contributed by atoms with E-state index in [1.165, 1.54) is 26.3 Å². The van der Waals surface area contributed by atoms with E-state index in [-0.39, 0.29) is 5.75 Å². The maximum Gasteiger partial charge on any atom is 0.361 e. The minimum Gasteiger partial charge on any atom is -0.383 e. The Hall–Kier alpha value is -2.62. The number of hydrogen-bond donors (Lipinski definition) is 1. The number of hydrogen-bond acceptors (Lipinski definition) is 6. The summed E-state index contributed by atoms with van der Waals surface area (Å²) in [7, 11) is -0.837. The summed E-state index contributed by atoms with van der Waals surface area (Å²) < 4.78 is 27.3. The lowest BCUT2D eigenvalue weighted by Gasteiger charge is -2.14. The molecule has 2 amide bonds. The van der Waals surface area contributed by atoms with Crippen LogP contribution in [0, 0.1) is 0 Å². The van der Waals surface area contributed by atoms with Gasteiger partial charge < -0.3 is 4.18 Å². The van der Waals surface area contributed by atoms with Gasteiger partial charge in [-0.3, -0.25) is 4.84 Å². The summed E-state index contributed by atoms with van der Waals surface area (Å²) in [5.74, 6) is 0.167. The van der Waals surface area contributed by atoms with E-state index >= 15 is 0 Å². The average Bonchev–Trinajstić information content (AvgIpc) is 2.62. The zero-order chi connectivity index (χ0) is 20.0. The number of hydroxylamine groups is 2. The zero-order valence-electron chi connectivity index (χ0n) is 14.8. The van der Waals surface area contributed by atoms with Gasteiger partial charge in [0.05, 0.1) is 19.1 Å². The van der Waals surface area contributed by atoms with Crippen molar-refractivity contribution in [3.63, 3.8) is 0 Å². The van der Waals surface area contributed by atoms with Crippen LogP contribution < -0.4 is 9.61 Å². The van der Waals surface area contributed by atoms with Gasteiger partial charge in [0.15, 0.2) is 0 Å². The van der Waals surface area contributed by atoms with Crippen LogP contribution >= 0.6 is 11.6 Å². The van der Waals surface area contributed by atoms with Crippen molar-refractivity contribution >= 4 is 33.5 Å². The number of halogens is 1. The first-order chi connectivity index (χ1) is 12.7. The van der Waals surface area contributed by atoms with Crippen molar-refractivity contribution in [2.75, 3.05) is 20.4 Å². The first-order valence-corrected chi connectivity index (χ1v) is 9.80. The zero-order valence-corrected chi connectivity index (χ0v) is 16.4. The molecule has 144 valence electrons. The Morgan fingerprint density at radius 3 is 2.07 bits per heavy atom. The quantitative estimate of drug-likeness (QED) is 0.447. The van der Waals surface area contributed by atoms with Crippen molar-refractivity contribution in [3.8, 4) is 5.75 Å². The van der Waals surface area contributed by atoms with Crippen LogP contribution in [0.3, 0.4) is 0 Å². The van der Waals surface area contributed by atoms with Gasteiger partial charge in [0, 0.05) is 23.2 Å². The molecule has 0 saturated carbocycles. The Kier molecular flexibility index (Phi) is 6.78. The molecular weight excluding hydrogens is 394 g/mol. The molecule has 0 aromatic heterocycles. The maximum absolute atomic E-state index is 11.9. The monoisotopic (exact) mass is 411 g/mol. The number of hydrazone groups is 1. The number of nitrogens with zero attached hydrogens (tertiary/aromatic N) is 2. The second kappa shape index (κ2) is 8.85. The first kappa shape index (κ1) is 20.7. The topological polar surface area (TPSA) is 97.3 Å². The molecule has 0 saturated heterocycles. The Bertz CT molecular complexity index is 928. The molecule has 2 aromatic carbocycles. The number of urea groups is 1. The molecule has 10 heteroatoms. The predicted molar refractivity (Wildman–Crippen MR) is 102 cm³/mol. The van der Waals surface area contributed by atoms with E-state index in [9.17, 15) is 13.2 Å². The Morgan fingerprint density at radius 2 is 1.59 bits per heavy atom. The van der Waals surface area contributed by atoms with E-state index in [1.807, 2.05) is 0 Å². The standard InChI is InChI=1S/C17H18ClN3O5S/c1-21(25-2)17(22)20-19-16(12-4-8-14(18)9-5-12)13-6-10-15(11-7-13)26-27(3,23)24/h4-11H,1-3H3,(H,20,22). The highest BCUT2D eigenvalue weighted by molar-refractivity contribution is 7.86. The van der Waals surface area contributed by atoms with E-state index in [0.29, 0.717) is 21.9 Å². The van der Waals surface area contributed by atoms with Crippen LogP contribution in [0.25, 0.3) is 0 Å². The molecule has 0 fully saturated rings. The summed E-state index contributed by atoms with van der Waals surface area (Å²) in [4.78, 5) is 16.7. The third-order valence-corrected chi connectivity index (χ3v) is 4.06. The van der Waals surface area contributed by atoms with Crippen LogP contribution in [-0.4, -0.2) is 45.6 Å². The molecule has 0 bridgehead atoms. The molecule has 0 radical (unpaired) electrons. The van der Waals surface area contributed by atoms with Crippen LogP contribution in [0.2, 0.25) is 5.02 Å². The SMILES string of the molecule is CON(C)C(=O)NN=C(c1ccc(Cl)cc1)c1ccc(OS(C)(=O)=O)cc1. The van der Waals surface area contributed by atoms with E-state index in [4.69, 9.17) is 20.6 Å². The third-order valence-electron chi connectivity index (χ3n) is 3.32. The molecule has 2 aromatic rings. The molecular formula is C17H18ClN3O5S. The predicted octanol–water partition coefficient (Wildman–Crippen LogP) is 2.63. The minimum atomic E-state index is -3.62. The van der Waals surface area contributed by atoms with Gasteiger partial charge >= 0.3 is 16.1 Å². The second-order valence-corrected chi connectivity index (χ2v) is 7.39. The van der Waals surface area contributed by atoms with Gasteiger partial charge in [-0.15, -0.1) is 0 Å². The lowest BCUT2D eigenvalue weighted by molar-refractivity contribution is -0.0646. The fraction of sp³-hybridized carbons (Fsp3) is 0.176. The lowest BCUT2D eigenvalue weighted by atomic mass is 10.0. The van der Waals surface area contributed by atoms with E-state index in [0.717, 1.165) is 11.3 Å². The van der Waals surface area contributed by atoms with Crippen molar-refractivity contribution in [2.24, 2.45) is 5.10 Å². The molecule has 0 atom stereocenters. The molecule has 8 nitrogen and oxygen atoms in total. The molecule has 1 N–H and O–H groups in total. The molecule has 0 aliphatic heterocycles. The normalized spacial score (nSPS) is 11.8. The van der Waals surface area contributed by atoms with Crippen molar-refractivity contribution in [1.29, 1.82) is 0 Å². The van der Waals surface area contributed by atoms with Gasteiger partial charge in [-0.1, -0.05) is 23.7 Å². The number of benzene rings is 2. The van der Waals surface area contributed by atoms with Gasteiger partial charge in [-0.05, 0) is 36.4 Å². The smallest absolute Gasteiger partial charge is 0.361 e. The lowest BCUT2D eigenvalue weighted by Crippen LogP contribution is -2.34. The van der Waals surface area contributed by atoms with E-state index in [2.05, 4.69) is 10.5 Å². The fourth-order valence-electron chi connectivity index (χ4n) is 2.00. The highest BCUT2D eigenvalue weighted by Gasteiger charge is 2.12. The van der Waals surface area contributed by atoms with Crippen molar-refractivity contribution < 1.29 is 22.2 Å². The Morgan fingerprint density at radius 1 is 1.07 bits per heavy atom. The third kappa shape index (κ3) is 6.24. The number of rotatable bonds is 6. The van der Waals surface area contributed by atoms with Crippen LogP contribution in [0.4, 0.5) is 4.79 Å². The number of amides is 2. The van der Waals surface area contributed by atoms with Crippen LogP contribution in [0.15, 0.2) is 53.6 Å². The van der Waals surface area contributed by atoms with Crippen LogP contribution in [0.1, 0.15) is 11.1 Å². The van der Waals surface area contributed by atoms with Crippen molar-refractivity contribution in [3.05, 3.63) is 64.7 Å². The number of carbonyl (C=O) groups excluding carboxylic acids is 1. The van der Waals surface area contributed by atoms with Crippen LogP contribution in [-0.2, 0) is 15.0 Å².